The molecule has 1 aromatic rings. The van der Waals surface area contributed by atoms with Gasteiger partial charge in [-0.25, -0.2) is 9.59 Å². The Morgan fingerprint density at radius 3 is 2.17 bits per heavy atom. The van der Waals surface area contributed by atoms with E-state index >= 15 is 0 Å². The fraction of sp³-hybridized carbons (Fsp3) is 0.724. The lowest BCUT2D eigenvalue weighted by molar-refractivity contribution is -0.103. The Hall–Kier alpha value is -2.24. The van der Waals surface area contributed by atoms with Crippen molar-refractivity contribution in [2.24, 2.45) is 23.7 Å². The molecule has 0 unspecified atom stereocenters. The molecule has 1 spiro atoms. The smallest absolute Gasteiger partial charge is 0.414 e. The van der Waals surface area contributed by atoms with Crippen LogP contribution in [0.5, 0.6) is 0 Å². The van der Waals surface area contributed by atoms with E-state index in [9.17, 15) is 9.59 Å². The van der Waals surface area contributed by atoms with E-state index in [0.29, 0.717) is 31.5 Å². The molecule has 1 aromatic carbocycles. The predicted molar refractivity (Wildman–Crippen MR) is 135 cm³/mol. The van der Waals surface area contributed by atoms with Crippen LogP contribution in [0.3, 0.4) is 0 Å². The molecule has 6 nitrogen and oxygen atoms in total. The zero-order valence-electron chi connectivity index (χ0n) is 21.7. The van der Waals surface area contributed by atoms with E-state index in [-0.39, 0.29) is 23.7 Å². The number of piperidine rings is 1. The number of amides is 2. The quantitative estimate of drug-likeness (QED) is 0.491. The van der Waals surface area contributed by atoms with Gasteiger partial charge >= 0.3 is 12.2 Å². The monoisotopic (exact) mass is 480 g/mol. The van der Waals surface area contributed by atoms with Crippen LogP contribution in [-0.4, -0.2) is 48.4 Å². The molecule has 0 N–H and O–H groups in total. The summed E-state index contributed by atoms with van der Waals surface area (Å²) >= 11 is 0. The Labute approximate surface area is 209 Å². The number of hydrogen-bond donors (Lipinski definition) is 0. The standard InChI is InChI=1S/C29H40N2O4/c1-18-5-6-24-23(11-18)29(17-31(24)27(33)35-28(2,3)4)7-9-30(10-8-29)26(32)34-25-21-13-19-12-20(15-21)16-22(25)14-19/h5-6,11,19-22,25H,7-10,12-17H2,1-4H3. The number of carbonyl (C=O) groups is 2. The summed E-state index contributed by atoms with van der Waals surface area (Å²) in [6.45, 7) is 9.76. The molecular formula is C29H40N2O4. The van der Waals surface area contributed by atoms with Gasteiger partial charge in [0.2, 0.25) is 0 Å². The van der Waals surface area contributed by atoms with Crippen molar-refractivity contribution in [2.75, 3.05) is 24.5 Å². The maximum Gasteiger partial charge on any atom is 0.414 e. The van der Waals surface area contributed by atoms with Crippen LogP contribution in [0, 0.1) is 30.6 Å². The first-order chi connectivity index (χ1) is 16.6. The lowest BCUT2D eigenvalue weighted by Gasteiger charge is -2.53. The summed E-state index contributed by atoms with van der Waals surface area (Å²) in [5.74, 6) is 2.92. The van der Waals surface area contributed by atoms with Gasteiger partial charge in [0.05, 0.1) is 5.69 Å². The van der Waals surface area contributed by atoms with Gasteiger partial charge in [-0.1, -0.05) is 17.7 Å². The van der Waals surface area contributed by atoms with Crippen LogP contribution in [0.2, 0.25) is 0 Å². The number of nitrogens with zero attached hydrogens (tertiary/aromatic N) is 2. The predicted octanol–water partition coefficient (Wildman–Crippen LogP) is 6.05. The molecular weight excluding hydrogens is 440 g/mol. The number of aryl methyl sites for hydroxylation is 1. The topological polar surface area (TPSA) is 59.1 Å². The molecule has 35 heavy (non-hydrogen) atoms. The number of carbonyl (C=O) groups excluding carboxylic acids is 2. The molecule has 6 heteroatoms. The van der Waals surface area contributed by atoms with Crippen molar-refractivity contribution in [3.05, 3.63) is 29.3 Å². The largest absolute Gasteiger partial charge is 0.446 e. The van der Waals surface area contributed by atoms with Gasteiger partial charge < -0.3 is 14.4 Å². The zero-order valence-corrected chi connectivity index (χ0v) is 21.7. The SMILES string of the molecule is Cc1ccc2c(c1)C1(CCN(C(=O)OC3C4CC5CC(C4)CC3C5)CC1)CN2C(=O)OC(C)(C)C. The van der Waals surface area contributed by atoms with Gasteiger partial charge in [0.1, 0.15) is 11.7 Å². The lowest BCUT2D eigenvalue weighted by atomic mass is 9.55. The molecule has 5 fully saturated rings. The first-order valence-electron chi connectivity index (χ1n) is 13.7. The number of ether oxygens (including phenoxy) is 2. The highest BCUT2D eigenvalue weighted by molar-refractivity contribution is 5.92. The minimum Gasteiger partial charge on any atom is -0.446 e. The molecule has 190 valence electrons. The van der Waals surface area contributed by atoms with Crippen molar-refractivity contribution >= 4 is 17.9 Å². The summed E-state index contributed by atoms with van der Waals surface area (Å²) in [5.41, 5.74) is 2.69. The van der Waals surface area contributed by atoms with Crippen molar-refractivity contribution in [3.63, 3.8) is 0 Å². The van der Waals surface area contributed by atoms with Gasteiger partial charge in [0.25, 0.3) is 0 Å². The van der Waals surface area contributed by atoms with Crippen LogP contribution in [0.1, 0.15) is 76.8 Å². The molecule has 0 atom stereocenters. The molecule has 1 saturated heterocycles. The van der Waals surface area contributed by atoms with Crippen molar-refractivity contribution in [2.45, 2.75) is 89.8 Å². The second-order valence-electron chi connectivity index (χ2n) is 13.1. The van der Waals surface area contributed by atoms with Crippen molar-refractivity contribution in [3.8, 4) is 0 Å². The van der Waals surface area contributed by atoms with Crippen molar-refractivity contribution in [1.29, 1.82) is 0 Å². The number of anilines is 1. The maximum atomic E-state index is 13.2. The van der Waals surface area contributed by atoms with E-state index in [1.54, 1.807) is 0 Å². The summed E-state index contributed by atoms with van der Waals surface area (Å²) in [7, 11) is 0. The number of rotatable bonds is 1. The van der Waals surface area contributed by atoms with Crippen molar-refractivity contribution in [1.82, 2.24) is 4.90 Å². The van der Waals surface area contributed by atoms with E-state index in [4.69, 9.17) is 9.47 Å². The van der Waals surface area contributed by atoms with Crippen LogP contribution in [0.15, 0.2) is 18.2 Å². The van der Waals surface area contributed by atoms with E-state index < -0.39 is 5.60 Å². The molecule has 0 radical (unpaired) electrons. The third-order valence-electron chi connectivity index (χ3n) is 9.44. The third kappa shape index (κ3) is 4.11. The van der Waals surface area contributed by atoms with Gasteiger partial charge in [0, 0.05) is 25.0 Å². The summed E-state index contributed by atoms with van der Waals surface area (Å²) in [6, 6.07) is 6.34. The summed E-state index contributed by atoms with van der Waals surface area (Å²) in [4.78, 5) is 30.0. The highest BCUT2D eigenvalue weighted by Crippen LogP contribution is 2.55. The van der Waals surface area contributed by atoms with Crippen LogP contribution >= 0.6 is 0 Å². The molecule has 7 rings (SSSR count). The normalized spacial score (nSPS) is 32.6. The molecule has 6 aliphatic rings. The Kier molecular flexibility index (Phi) is 5.39. The number of likely N-dealkylation sites (tertiary alicyclic amines) is 1. The highest BCUT2D eigenvalue weighted by Gasteiger charge is 2.51. The number of benzene rings is 1. The Morgan fingerprint density at radius 2 is 1.57 bits per heavy atom. The fourth-order valence-corrected chi connectivity index (χ4v) is 8.07. The van der Waals surface area contributed by atoms with Crippen LogP contribution in [0.25, 0.3) is 0 Å². The fourth-order valence-electron chi connectivity index (χ4n) is 8.07. The molecule has 2 aliphatic heterocycles. The number of hydrogen-bond acceptors (Lipinski definition) is 4. The van der Waals surface area contributed by atoms with Gasteiger partial charge in [-0.15, -0.1) is 0 Å². The van der Waals surface area contributed by atoms with Gasteiger partial charge in [-0.2, -0.15) is 0 Å². The first kappa shape index (κ1) is 23.2. The van der Waals surface area contributed by atoms with E-state index in [1.807, 2.05) is 30.6 Å². The average molecular weight is 481 g/mol. The molecule has 2 amide bonds. The first-order valence-corrected chi connectivity index (χ1v) is 13.7. The Morgan fingerprint density at radius 1 is 0.943 bits per heavy atom. The summed E-state index contributed by atoms with van der Waals surface area (Å²) in [5, 5.41) is 0. The highest BCUT2D eigenvalue weighted by atomic mass is 16.6. The molecule has 4 aliphatic carbocycles. The average Bonchev–Trinajstić information content (AvgIpc) is 3.08. The lowest BCUT2D eigenvalue weighted by Crippen LogP contribution is -2.53. The van der Waals surface area contributed by atoms with E-state index in [1.165, 1.54) is 43.2 Å². The Balaban J connectivity index is 1.14. The van der Waals surface area contributed by atoms with Gasteiger partial charge in [-0.05, 0) is 108 Å². The minimum absolute atomic E-state index is 0.121. The number of fused-ring (bicyclic) bond motifs is 2. The molecule has 4 bridgehead atoms. The Bertz CT molecular complexity index is 992. The zero-order chi connectivity index (χ0) is 24.5. The minimum atomic E-state index is -0.539. The third-order valence-corrected chi connectivity index (χ3v) is 9.44. The molecule has 4 saturated carbocycles. The van der Waals surface area contributed by atoms with Crippen molar-refractivity contribution < 1.29 is 19.1 Å². The van der Waals surface area contributed by atoms with Crippen LogP contribution < -0.4 is 4.90 Å². The second-order valence-corrected chi connectivity index (χ2v) is 13.1. The van der Waals surface area contributed by atoms with Crippen LogP contribution in [0.4, 0.5) is 15.3 Å². The van der Waals surface area contributed by atoms with E-state index in [2.05, 4.69) is 25.1 Å². The maximum absolute atomic E-state index is 13.2. The second kappa shape index (κ2) is 8.14. The summed E-state index contributed by atoms with van der Waals surface area (Å²) in [6.07, 6.45) is 7.81. The van der Waals surface area contributed by atoms with Gasteiger partial charge in [-0.3, -0.25) is 4.90 Å². The van der Waals surface area contributed by atoms with Gasteiger partial charge in [0.15, 0.2) is 0 Å². The summed E-state index contributed by atoms with van der Waals surface area (Å²) < 4.78 is 12.0. The molecule has 2 heterocycles. The van der Waals surface area contributed by atoms with E-state index in [0.717, 1.165) is 30.4 Å². The molecule has 0 aromatic heterocycles. The van der Waals surface area contributed by atoms with Crippen LogP contribution in [-0.2, 0) is 14.9 Å².